The number of halogens is 1. The number of carbonyl (C=O) groups excluding carboxylic acids is 2. The quantitative estimate of drug-likeness (QED) is 0.866. The molecule has 21 heavy (non-hydrogen) atoms. The maximum absolute atomic E-state index is 13.3. The number of urea groups is 1. The Bertz CT molecular complexity index is 521. The number of hydrogen-bond donors (Lipinski definition) is 1. The standard InChI is InChI=1S/C15H19FN2O3/c1-2-21-14(19)10-17-15(20)18-8-4-7-13(18)11-5-3-6-12(16)9-11/h3,5-6,9,13H,2,4,7-8,10H2,1H3,(H,17,20)/t13-/m1/s1. The number of amides is 2. The number of benzene rings is 1. The van der Waals surface area contributed by atoms with E-state index < -0.39 is 5.97 Å². The largest absolute Gasteiger partial charge is 0.465 e. The van der Waals surface area contributed by atoms with Crippen LogP contribution in [0.4, 0.5) is 9.18 Å². The van der Waals surface area contributed by atoms with Gasteiger partial charge in [0, 0.05) is 6.54 Å². The average molecular weight is 294 g/mol. The number of hydrogen-bond acceptors (Lipinski definition) is 3. The lowest BCUT2D eigenvalue weighted by atomic mass is 10.0. The topological polar surface area (TPSA) is 58.6 Å². The van der Waals surface area contributed by atoms with Crippen LogP contribution in [0, 0.1) is 5.82 Å². The Morgan fingerprint density at radius 3 is 3.00 bits per heavy atom. The van der Waals surface area contributed by atoms with Gasteiger partial charge in [-0.25, -0.2) is 9.18 Å². The van der Waals surface area contributed by atoms with E-state index in [1.54, 1.807) is 17.9 Å². The van der Waals surface area contributed by atoms with Crippen LogP contribution in [0.15, 0.2) is 24.3 Å². The number of esters is 1. The van der Waals surface area contributed by atoms with Crippen LogP contribution in [0.3, 0.4) is 0 Å². The first-order chi connectivity index (χ1) is 10.1. The van der Waals surface area contributed by atoms with Gasteiger partial charge in [0.15, 0.2) is 0 Å². The summed E-state index contributed by atoms with van der Waals surface area (Å²) in [5.74, 6) is -0.779. The van der Waals surface area contributed by atoms with E-state index in [2.05, 4.69) is 5.32 Å². The molecule has 1 N–H and O–H groups in total. The van der Waals surface area contributed by atoms with Crippen LogP contribution in [-0.4, -0.2) is 36.6 Å². The van der Waals surface area contributed by atoms with Gasteiger partial charge in [0.05, 0.1) is 12.6 Å². The second-order valence-electron chi connectivity index (χ2n) is 4.87. The molecule has 1 heterocycles. The zero-order chi connectivity index (χ0) is 15.2. The number of nitrogens with zero attached hydrogens (tertiary/aromatic N) is 1. The summed E-state index contributed by atoms with van der Waals surface area (Å²) in [7, 11) is 0. The molecule has 0 bridgehead atoms. The molecule has 0 radical (unpaired) electrons. The van der Waals surface area contributed by atoms with Gasteiger partial charge in [0.25, 0.3) is 0 Å². The average Bonchev–Trinajstić information content (AvgIpc) is 2.94. The molecule has 1 aliphatic heterocycles. The zero-order valence-electron chi connectivity index (χ0n) is 12.0. The number of likely N-dealkylation sites (tertiary alicyclic amines) is 1. The summed E-state index contributed by atoms with van der Waals surface area (Å²) >= 11 is 0. The molecule has 5 nitrogen and oxygen atoms in total. The highest BCUT2D eigenvalue weighted by Crippen LogP contribution is 2.31. The normalized spacial score (nSPS) is 17.6. The Kier molecular flexibility index (Phi) is 5.14. The summed E-state index contributed by atoms with van der Waals surface area (Å²) in [5, 5.41) is 2.54. The van der Waals surface area contributed by atoms with Crippen molar-refractivity contribution < 1.29 is 18.7 Å². The number of nitrogens with one attached hydrogen (secondary N) is 1. The van der Waals surface area contributed by atoms with E-state index in [0.29, 0.717) is 6.54 Å². The van der Waals surface area contributed by atoms with Crippen LogP contribution in [0.25, 0.3) is 0 Å². The Labute approximate surface area is 123 Å². The predicted molar refractivity (Wildman–Crippen MR) is 75.1 cm³/mol. The number of ether oxygens (including phenoxy) is 1. The third-order valence-electron chi connectivity index (χ3n) is 3.44. The van der Waals surface area contributed by atoms with Crippen molar-refractivity contribution in [1.82, 2.24) is 10.2 Å². The van der Waals surface area contributed by atoms with Crippen molar-refractivity contribution in [3.63, 3.8) is 0 Å². The van der Waals surface area contributed by atoms with Crippen LogP contribution in [-0.2, 0) is 9.53 Å². The minimum atomic E-state index is -0.465. The van der Waals surface area contributed by atoms with Crippen molar-refractivity contribution in [3.8, 4) is 0 Å². The van der Waals surface area contributed by atoms with Crippen molar-refractivity contribution in [2.75, 3.05) is 19.7 Å². The molecule has 1 saturated heterocycles. The molecule has 2 amide bonds. The van der Waals surface area contributed by atoms with Gasteiger partial charge in [0.1, 0.15) is 12.4 Å². The lowest BCUT2D eigenvalue weighted by Crippen LogP contribution is -2.42. The molecule has 0 saturated carbocycles. The van der Waals surface area contributed by atoms with Crippen molar-refractivity contribution >= 4 is 12.0 Å². The molecule has 6 heteroatoms. The summed E-state index contributed by atoms with van der Waals surface area (Å²) in [4.78, 5) is 25.0. The monoisotopic (exact) mass is 294 g/mol. The maximum Gasteiger partial charge on any atom is 0.325 e. The van der Waals surface area contributed by atoms with Crippen LogP contribution in [0.2, 0.25) is 0 Å². The van der Waals surface area contributed by atoms with Gasteiger partial charge in [-0.1, -0.05) is 12.1 Å². The molecule has 0 aromatic heterocycles. The summed E-state index contributed by atoms with van der Waals surface area (Å²) in [5.41, 5.74) is 0.777. The zero-order valence-corrected chi connectivity index (χ0v) is 12.0. The van der Waals surface area contributed by atoms with Crippen molar-refractivity contribution in [2.45, 2.75) is 25.8 Å². The molecule has 1 aromatic carbocycles. The summed E-state index contributed by atoms with van der Waals surface area (Å²) in [6, 6.07) is 5.80. The number of carbonyl (C=O) groups is 2. The molecule has 114 valence electrons. The molecule has 1 fully saturated rings. The van der Waals surface area contributed by atoms with Crippen molar-refractivity contribution in [2.24, 2.45) is 0 Å². The molecule has 1 aromatic rings. The minimum Gasteiger partial charge on any atom is -0.465 e. The maximum atomic E-state index is 13.3. The Hall–Kier alpha value is -2.11. The van der Waals surface area contributed by atoms with Gasteiger partial charge >= 0.3 is 12.0 Å². The molecule has 2 rings (SSSR count). The lowest BCUT2D eigenvalue weighted by Gasteiger charge is -2.25. The molecule has 1 atom stereocenters. The van der Waals surface area contributed by atoms with Crippen LogP contribution in [0.5, 0.6) is 0 Å². The van der Waals surface area contributed by atoms with Gasteiger partial charge in [-0.05, 0) is 37.5 Å². The molecule has 0 unspecified atom stereocenters. The van der Waals surface area contributed by atoms with Crippen LogP contribution >= 0.6 is 0 Å². The van der Waals surface area contributed by atoms with Crippen LogP contribution in [0.1, 0.15) is 31.4 Å². The Morgan fingerprint density at radius 1 is 1.48 bits per heavy atom. The van der Waals surface area contributed by atoms with Crippen molar-refractivity contribution in [1.29, 1.82) is 0 Å². The first-order valence-corrected chi connectivity index (χ1v) is 7.07. The van der Waals surface area contributed by atoms with E-state index in [1.165, 1.54) is 12.1 Å². The number of rotatable bonds is 4. The molecule has 1 aliphatic rings. The highest BCUT2D eigenvalue weighted by molar-refractivity contribution is 5.81. The smallest absolute Gasteiger partial charge is 0.325 e. The third kappa shape index (κ3) is 3.93. The predicted octanol–water partition coefficient (Wildman–Crippen LogP) is 2.24. The van der Waals surface area contributed by atoms with Gasteiger partial charge in [-0.3, -0.25) is 4.79 Å². The van der Waals surface area contributed by atoms with Gasteiger partial charge < -0.3 is 15.0 Å². The molecule has 0 spiro atoms. The fourth-order valence-corrected chi connectivity index (χ4v) is 2.53. The Balaban J connectivity index is 1.98. The minimum absolute atomic E-state index is 0.150. The fourth-order valence-electron chi connectivity index (χ4n) is 2.53. The second kappa shape index (κ2) is 7.06. The van der Waals surface area contributed by atoms with E-state index in [-0.39, 0.29) is 31.0 Å². The highest BCUT2D eigenvalue weighted by atomic mass is 19.1. The third-order valence-corrected chi connectivity index (χ3v) is 3.44. The lowest BCUT2D eigenvalue weighted by molar-refractivity contribution is -0.141. The summed E-state index contributed by atoms with van der Waals surface area (Å²) in [6.07, 6.45) is 1.64. The van der Waals surface area contributed by atoms with Crippen LogP contribution < -0.4 is 5.32 Å². The van der Waals surface area contributed by atoms with Crippen molar-refractivity contribution in [3.05, 3.63) is 35.6 Å². The van der Waals surface area contributed by atoms with Gasteiger partial charge in [-0.2, -0.15) is 0 Å². The fraction of sp³-hybridized carbons (Fsp3) is 0.467. The SMILES string of the molecule is CCOC(=O)CNC(=O)N1CCC[C@@H]1c1cccc(F)c1. The van der Waals surface area contributed by atoms with E-state index >= 15 is 0 Å². The first-order valence-electron chi connectivity index (χ1n) is 7.07. The van der Waals surface area contributed by atoms with E-state index in [1.807, 2.05) is 6.07 Å². The summed E-state index contributed by atoms with van der Waals surface area (Å²) in [6.45, 7) is 2.43. The molecular formula is C15H19FN2O3. The van der Waals surface area contributed by atoms with Gasteiger partial charge in [-0.15, -0.1) is 0 Å². The molecule has 0 aliphatic carbocycles. The van der Waals surface area contributed by atoms with E-state index in [9.17, 15) is 14.0 Å². The molecular weight excluding hydrogens is 275 g/mol. The van der Waals surface area contributed by atoms with E-state index in [0.717, 1.165) is 18.4 Å². The van der Waals surface area contributed by atoms with Gasteiger partial charge in [0.2, 0.25) is 0 Å². The second-order valence-corrected chi connectivity index (χ2v) is 4.87. The summed E-state index contributed by atoms with van der Waals surface area (Å²) < 4.78 is 18.1. The highest BCUT2D eigenvalue weighted by Gasteiger charge is 2.30. The first kappa shape index (κ1) is 15.3. The van der Waals surface area contributed by atoms with E-state index in [4.69, 9.17) is 4.74 Å². The Morgan fingerprint density at radius 2 is 2.29 bits per heavy atom.